The number of amides is 1. The topological polar surface area (TPSA) is 55.1 Å². The van der Waals surface area contributed by atoms with Gasteiger partial charge >= 0.3 is 0 Å². The highest BCUT2D eigenvalue weighted by Crippen LogP contribution is 2.42. The molecule has 2 unspecified atom stereocenters. The molecule has 0 radical (unpaired) electrons. The van der Waals surface area contributed by atoms with E-state index in [-0.39, 0.29) is 17.9 Å². The second-order valence-electron chi connectivity index (χ2n) is 6.64. The molecule has 1 aliphatic heterocycles. The van der Waals surface area contributed by atoms with Gasteiger partial charge in [0.2, 0.25) is 5.91 Å². The van der Waals surface area contributed by atoms with E-state index in [0.717, 1.165) is 23.2 Å². The third-order valence-electron chi connectivity index (χ3n) is 5.29. The largest absolute Gasteiger partial charge is 0.325 e. The van der Waals surface area contributed by atoms with E-state index < -0.39 is 0 Å². The van der Waals surface area contributed by atoms with Gasteiger partial charge in [0, 0.05) is 11.7 Å². The molecule has 1 heterocycles. The van der Waals surface area contributed by atoms with Crippen molar-refractivity contribution in [2.24, 2.45) is 11.7 Å². The molecule has 3 heteroatoms. The number of benzene rings is 1. The highest BCUT2D eigenvalue weighted by Gasteiger charge is 2.32. The van der Waals surface area contributed by atoms with E-state index in [0.29, 0.717) is 5.92 Å². The van der Waals surface area contributed by atoms with E-state index in [1.54, 1.807) is 0 Å². The van der Waals surface area contributed by atoms with Crippen LogP contribution in [0.15, 0.2) is 12.1 Å². The first kappa shape index (κ1) is 14.6. The summed E-state index contributed by atoms with van der Waals surface area (Å²) in [6.45, 7) is 4.14. The number of hydrogen-bond acceptors (Lipinski definition) is 2. The molecule has 1 fully saturated rings. The summed E-state index contributed by atoms with van der Waals surface area (Å²) in [6.07, 6.45) is 7.34. The minimum absolute atomic E-state index is 0.0520. The average Bonchev–Trinajstić information content (AvgIpc) is 2.82. The number of nitrogens with two attached hydrogens (primary N) is 1. The molecule has 0 saturated heterocycles. The molecule has 21 heavy (non-hydrogen) atoms. The van der Waals surface area contributed by atoms with Crippen LogP contribution in [0.2, 0.25) is 0 Å². The molecule has 114 valence electrons. The second kappa shape index (κ2) is 5.80. The summed E-state index contributed by atoms with van der Waals surface area (Å²) in [7, 11) is 0. The molecule has 1 saturated carbocycles. The standard InChI is InChI=1S/C18H26N2O/c1-3-12-9-14-11(2)18(21)20-17(14)15(10-12)16(19)13-7-5-4-6-8-13/h9-11,13,16H,3-8,19H2,1-2H3,(H,20,21). The maximum absolute atomic E-state index is 12.0. The second-order valence-corrected chi connectivity index (χ2v) is 6.64. The van der Waals surface area contributed by atoms with Crippen molar-refractivity contribution >= 4 is 11.6 Å². The monoisotopic (exact) mass is 286 g/mol. The zero-order valence-electron chi connectivity index (χ0n) is 13.1. The Morgan fingerprint density at radius 3 is 2.67 bits per heavy atom. The molecule has 1 amide bonds. The van der Waals surface area contributed by atoms with Gasteiger partial charge in [-0.15, -0.1) is 0 Å². The normalized spacial score (nSPS) is 23.8. The van der Waals surface area contributed by atoms with Crippen LogP contribution < -0.4 is 11.1 Å². The first-order valence-corrected chi connectivity index (χ1v) is 8.35. The smallest absolute Gasteiger partial charge is 0.231 e. The molecule has 3 N–H and O–H groups in total. The third kappa shape index (κ3) is 2.59. The van der Waals surface area contributed by atoms with Crippen LogP contribution in [-0.2, 0) is 11.2 Å². The Morgan fingerprint density at radius 1 is 1.29 bits per heavy atom. The Hall–Kier alpha value is -1.35. The number of nitrogens with one attached hydrogen (secondary N) is 1. The van der Waals surface area contributed by atoms with E-state index in [1.165, 1.54) is 37.7 Å². The number of anilines is 1. The number of carbonyl (C=O) groups excluding carboxylic acids is 1. The van der Waals surface area contributed by atoms with Crippen molar-refractivity contribution in [2.45, 2.75) is 64.3 Å². The van der Waals surface area contributed by atoms with Gasteiger partial charge in [0.25, 0.3) is 0 Å². The molecule has 2 aliphatic rings. The number of carbonyl (C=O) groups is 1. The zero-order chi connectivity index (χ0) is 15.0. The summed E-state index contributed by atoms with van der Waals surface area (Å²) in [5.41, 5.74) is 11.2. The Labute approximate surface area is 127 Å². The average molecular weight is 286 g/mol. The van der Waals surface area contributed by atoms with Crippen molar-refractivity contribution < 1.29 is 4.79 Å². The van der Waals surface area contributed by atoms with Crippen LogP contribution in [0.1, 0.15) is 74.6 Å². The fourth-order valence-electron chi connectivity index (χ4n) is 3.82. The molecule has 1 aliphatic carbocycles. The summed E-state index contributed by atoms with van der Waals surface area (Å²) >= 11 is 0. The van der Waals surface area contributed by atoms with E-state index in [9.17, 15) is 4.79 Å². The summed E-state index contributed by atoms with van der Waals surface area (Å²) in [5.74, 6) is 0.613. The van der Waals surface area contributed by atoms with Crippen LogP contribution in [0.5, 0.6) is 0 Å². The highest BCUT2D eigenvalue weighted by atomic mass is 16.2. The van der Waals surface area contributed by atoms with Gasteiger partial charge in [-0.05, 0) is 48.8 Å². The quantitative estimate of drug-likeness (QED) is 0.885. The maximum Gasteiger partial charge on any atom is 0.231 e. The molecule has 0 aromatic heterocycles. The number of aryl methyl sites for hydroxylation is 1. The van der Waals surface area contributed by atoms with Crippen molar-refractivity contribution in [3.63, 3.8) is 0 Å². The summed E-state index contributed by atoms with van der Waals surface area (Å²) in [5, 5.41) is 3.07. The van der Waals surface area contributed by atoms with Gasteiger partial charge in [-0.1, -0.05) is 38.3 Å². The Balaban J connectivity index is 1.99. The zero-order valence-corrected chi connectivity index (χ0v) is 13.1. The maximum atomic E-state index is 12.0. The molecular formula is C18H26N2O. The van der Waals surface area contributed by atoms with Gasteiger partial charge in [0.05, 0.1) is 5.92 Å². The summed E-state index contributed by atoms with van der Waals surface area (Å²) in [6, 6.07) is 4.45. The van der Waals surface area contributed by atoms with Crippen molar-refractivity contribution in [3.05, 3.63) is 28.8 Å². The van der Waals surface area contributed by atoms with Crippen molar-refractivity contribution in [2.75, 3.05) is 5.32 Å². The molecule has 1 aromatic carbocycles. The highest BCUT2D eigenvalue weighted by molar-refractivity contribution is 6.03. The van der Waals surface area contributed by atoms with Crippen molar-refractivity contribution in [3.8, 4) is 0 Å². The van der Waals surface area contributed by atoms with Gasteiger partial charge in [-0.25, -0.2) is 0 Å². The number of fused-ring (bicyclic) bond motifs is 1. The van der Waals surface area contributed by atoms with Crippen LogP contribution in [0.3, 0.4) is 0 Å². The molecule has 3 rings (SSSR count). The van der Waals surface area contributed by atoms with Crippen LogP contribution in [-0.4, -0.2) is 5.91 Å². The van der Waals surface area contributed by atoms with Crippen LogP contribution in [0.25, 0.3) is 0 Å². The summed E-state index contributed by atoms with van der Waals surface area (Å²) in [4.78, 5) is 12.0. The first-order valence-electron chi connectivity index (χ1n) is 8.35. The first-order chi connectivity index (χ1) is 10.1. The van der Waals surface area contributed by atoms with Gasteiger partial charge in [-0.2, -0.15) is 0 Å². The molecular weight excluding hydrogens is 260 g/mol. The fraction of sp³-hybridized carbons (Fsp3) is 0.611. The molecule has 0 bridgehead atoms. The minimum Gasteiger partial charge on any atom is -0.325 e. The Bertz CT molecular complexity index is 546. The molecule has 2 atom stereocenters. The predicted molar refractivity (Wildman–Crippen MR) is 86.4 cm³/mol. The van der Waals surface area contributed by atoms with E-state index >= 15 is 0 Å². The Kier molecular flexibility index (Phi) is 4.03. The minimum atomic E-state index is -0.0520. The van der Waals surface area contributed by atoms with E-state index in [4.69, 9.17) is 5.73 Å². The number of rotatable bonds is 3. The molecule has 1 aromatic rings. The Morgan fingerprint density at radius 2 is 2.00 bits per heavy atom. The third-order valence-corrected chi connectivity index (χ3v) is 5.29. The predicted octanol–water partition coefficient (Wildman–Crippen LogP) is 3.88. The SMILES string of the molecule is CCc1cc2c(c(C(N)C3CCCCC3)c1)NC(=O)C2C. The lowest BCUT2D eigenvalue weighted by Gasteiger charge is -2.29. The molecule has 3 nitrogen and oxygen atoms in total. The fourth-order valence-corrected chi connectivity index (χ4v) is 3.82. The van der Waals surface area contributed by atoms with Gasteiger partial charge in [0.1, 0.15) is 0 Å². The van der Waals surface area contributed by atoms with Crippen LogP contribution in [0.4, 0.5) is 5.69 Å². The molecule has 0 spiro atoms. The van der Waals surface area contributed by atoms with Crippen LogP contribution >= 0.6 is 0 Å². The lowest BCUT2D eigenvalue weighted by atomic mass is 9.80. The van der Waals surface area contributed by atoms with Crippen LogP contribution in [0, 0.1) is 5.92 Å². The lowest BCUT2D eigenvalue weighted by molar-refractivity contribution is -0.116. The van der Waals surface area contributed by atoms with E-state index in [2.05, 4.69) is 24.4 Å². The van der Waals surface area contributed by atoms with Crippen molar-refractivity contribution in [1.82, 2.24) is 0 Å². The lowest BCUT2D eigenvalue weighted by Crippen LogP contribution is -2.24. The number of hydrogen-bond donors (Lipinski definition) is 2. The van der Waals surface area contributed by atoms with Gasteiger partial charge in [-0.3, -0.25) is 4.79 Å². The van der Waals surface area contributed by atoms with E-state index in [1.807, 2.05) is 6.92 Å². The van der Waals surface area contributed by atoms with Crippen molar-refractivity contribution in [1.29, 1.82) is 0 Å². The summed E-state index contributed by atoms with van der Waals surface area (Å²) < 4.78 is 0. The van der Waals surface area contributed by atoms with Gasteiger partial charge in [0.15, 0.2) is 0 Å². The van der Waals surface area contributed by atoms with Gasteiger partial charge < -0.3 is 11.1 Å².